The van der Waals surface area contributed by atoms with Gasteiger partial charge in [-0.3, -0.25) is 4.40 Å². The van der Waals surface area contributed by atoms with E-state index in [4.69, 9.17) is 0 Å². The third-order valence-electron chi connectivity index (χ3n) is 2.45. The van der Waals surface area contributed by atoms with E-state index in [1.54, 1.807) is 6.20 Å². The summed E-state index contributed by atoms with van der Waals surface area (Å²) in [6.07, 6.45) is 3.69. The second-order valence-corrected chi connectivity index (χ2v) is 4.58. The molecule has 3 rings (SSSR count). The summed E-state index contributed by atoms with van der Waals surface area (Å²) in [6.45, 7) is 1.03. The molecule has 0 spiro atoms. The maximum Gasteiger partial charge on any atom is 0.254 e. The largest absolute Gasteiger partial charge is 0.306 e. The number of aromatic nitrogens is 4. The Balaban J connectivity index is 2.02. The molecule has 1 N–H and O–H groups in total. The normalized spacial score (nSPS) is 22.0. The number of rotatable bonds is 1. The van der Waals surface area contributed by atoms with Crippen molar-refractivity contribution in [3.8, 4) is 0 Å². The van der Waals surface area contributed by atoms with Crippen LogP contribution >= 0.6 is 11.8 Å². The van der Waals surface area contributed by atoms with Crippen LogP contribution in [0, 0.1) is 0 Å². The minimum atomic E-state index is 0.294. The number of thioether (sulfide) groups is 1. The van der Waals surface area contributed by atoms with Crippen LogP contribution in [0.3, 0.4) is 0 Å². The topological polar surface area (TPSA) is 55.1 Å². The van der Waals surface area contributed by atoms with E-state index in [1.165, 1.54) is 5.75 Å². The first-order valence-corrected chi connectivity index (χ1v) is 6.07. The summed E-state index contributed by atoms with van der Waals surface area (Å²) in [7, 11) is 0. The molecule has 1 unspecified atom stereocenters. The molecule has 78 valence electrons. The molecule has 1 aliphatic rings. The Morgan fingerprint density at radius 3 is 3.33 bits per heavy atom. The van der Waals surface area contributed by atoms with Gasteiger partial charge in [0.25, 0.3) is 5.78 Å². The highest BCUT2D eigenvalue weighted by atomic mass is 32.2. The lowest BCUT2D eigenvalue weighted by Gasteiger charge is -2.21. The summed E-state index contributed by atoms with van der Waals surface area (Å²) in [5, 5.41) is 11.7. The van der Waals surface area contributed by atoms with E-state index in [0.717, 1.165) is 18.1 Å². The van der Waals surface area contributed by atoms with Gasteiger partial charge in [0.05, 0.1) is 6.04 Å². The van der Waals surface area contributed by atoms with Crippen LogP contribution in [0.4, 0.5) is 0 Å². The van der Waals surface area contributed by atoms with E-state index in [-0.39, 0.29) is 0 Å². The fourth-order valence-electron chi connectivity index (χ4n) is 1.73. The first kappa shape index (κ1) is 9.11. The number of hydrogen-bond donors (Lipinski definition) is 1. The third-order valence-corrected chi connectivity index (χ3v) is 3.51. The van der Waals surface area contributed by atoms with E-state index in [0.29, 0.717) is 11.8 Å². The van der Waals surface area contributed by atoms with Crippen LogP contribution in [0.2, 0.25) is 0 Å². The SMILES string of the molecule is c1cnc2nnc(C3CSCCN3)n2c1. The van der Waals surface area contributed by atoms with Gasteiger partial charge in [0, 0.05) is 30.4 Å². The Morgan fingerprint density at radius 1 is 1.47 bits per heavy atom. The lowest BCUT2D eigenvalue weighted by molar-refractivity contribution is 0.559. The predicted octanol–water partition coefficient (Wildman–Crippen LogP) is 0.502. The van der Waals surface area contributed by atoms with E-state index in [2.05, 4.69) is 20.5 Å². The molecule has 0 amide bonds. The first-order chi connectivity index (χ1) is 7.45. The zero-order chi connectivity index (χ0) is 10.1. The molecule has 15 heavy (non-hydrogen) atoms. The maximum atomic E-state index is 4.19. The van der Waals surface area contributed by atoms with E-state index in [9.17, 15) is 0 Å². The van der Waals surface area contributed by atoms with Crippen molar-refractivity contribution in [2.45, 2.75) is 6.04 Å². The summed E-state index contributed by atoms with van der Waals surface area (Å²) in [6, 6.07) is 2.19. The van der Waals surface area contributed by atoms with Gasteiger partial charge in [0.15, 0.2) is 5.82 Å². The van der Waals surface area contributed by atoms with Crippen molar-refractivity contribution in [3.63, 3.8) is 0 Å². The second-order valence-electron chi connectivity index (χ2n) is 3.43. The van der Waals surface area contributed by atoms with Crippen molar-refractivity contribution < 1.29 is 0 Å². The molecule has 1 fully saturated rings. The Morgan fingerprint density at radius 2 is 2.47 bits per heavy atom. The molecule has 0 aromatic carbocycles. The van der Waals surface area contributed by atoms with Crippen LogP contribution in [-0.4, -0.2) is 37.6 Å². The van der Waals surface area contributed by atoms with Gasteiger partial charge in [0.1, 0.15) is 0 Å². The van der Waals surface area contributed by atoms with E-state index in [1.807, 2.05) is 28.4 Å². The van der Waals surface area contributed by atoms with Crippen LogP contribution in [-0.2, 0) is 0 Å². The molecule has 2 aromatic rings. The standard InChI is InChI=1S/C9H11N5S/c1-2-11-9-13-12-8(14(9)4-1)7-6-15-5-3-10-7/h1-2,4,7,10H,3,5-6H2. The van der Waals surface area contributed by atoms with Gasteiger partial charge in [-0.05, 0) is 6.07 Å². The monoisotopic (exact) mass is 221 g/mol. The number of nitrogens with zero attached hydrogens (tertiary/aromatic N) is 4. The zero-order valence-corrected chi connectivity index (χ0v) is 8.94. The highest BCUT2D eigenvalue weighted by Gasteiger charge is 2.20. The van der Waals surface area contributed by atoms with Crippen molar-refractivity contribution in [2.75, 3.05) is 18.1 Å². The molecule has 0 bridgehead atoms. The first-order valence-electron chi connectivity index (χ1n) is 4.92. The summed E-state index contributed by atoms with van der Waals surface area (Å²) in [5.41, 5.74) is 0. The fourth-order valence-corrected chi connectivity index (χ4v) is 2.66. The van der Waals surface area contributed by atoms with Gasteiger partial charge >= 0.3 is 0 Å². The summed E-state index contributed by atoms with van der Waals surface area (Å²) in [4.78, 5) is 4.15. The van der Waals surface area contributed by atoms with Crippen LogP contribution in [0.1, 0.15) is 11.9 Å². The number of fused-ring (bicyclic) bond motifs is 1. The summed E-state index contributed by atoms with van der Waals surface area (Å²) < 4.78 is 1.95. The van der Waals surface area contributed by atoms with Gasteiger partial charge in [-0.1, -0.05) is 0 Å². The molecule has 1 aliphatic heterocycles. The van der Waals surface area contributed by atoms with Crippen LogP contribution in [0.25, 0.3) is 5.78 Å². The van der Waals surface area contributed by atoms with Crippen molar-refractivity contribution in [2.24, 2.45) is 0 Å². The van der Waals surface area contributed by atoms with Crippen molar-refractivity contribution in [1.29, 1.82) is 0 Å². The summed E-state index contributed by atoms with van der Waals surface area (Å²) >= 11 is 1.95. The number of hydrogen-bond acceptors (Lipinski definition) is 5. The molecule has 5 nitrogen and oxygen atoms in total. The van der Waals surface area contributed by atoms with Crippen molar-refractivity contribution >= 4 is 17.5 Å². The molecule has 0 aliphatic carbocycles. The zero-order valence-electron chi connectivity index (χ0n) is 8.13. The fraction of sp³-hybridized carbons (Fsp3) is 0.444. The molecule has 3 heterocycles. The highest BCUT2D eigenvalue weighted by Crippen LogP contribution is 2.20. The van der Waals surface area contributed by atoms with E-state index >= 15 is 0 Å². The predicted molar refractivity (Wildman–Crippen MR) is 58.9 cm³/mol. The maximum absolute atomic E-state index is 4.19. The minimum absolute atomic E-state index is 0.294. The average Bonchev–Trinajstić information content (AvgIpc) is 2.74. The third kappa shape index (κ3) is 1.59. The lowest BCUT2D eigenvalue weighted by atomic mass is 10.3. The molecule has 6 heteroatoms. The van der Waals surface area contributed by atoms with Crippen molar-refractivity contribution in [3.05, 3.63) is 24.3 Å². The number of nitrogens with one attached hydrogen (secondary N) is 1. The average molecular weight is 221 g/mol. The molecule has 2 aromatic heterocycles. The van der Waals surface area contributed by atoms with Gasteiger partial charge in [-0.2, -0.15) is 11.8 Å². The smallest absolute Gasteiger partial charge is 0.254 e. The molecule has 1 saturated heterocycles. The second kappa shape index (κ2) is 3.79. The van der Waals surface area contributed by atoms with Gasteiger partial charge in [0.2, 0.25) is 0 Å². The molecule has 1 atom stereocenters. The van der Waals surface area contributed by atoms with Gasteiger partial charge < -0.3 is 5.32 Å². The molecule has 0 radical (unpaired) electrons. The van der Waals surface area contributed by atoms with E-state index < -0.39 is 0 Å². The quantitative estimate of drug-likeness (QED) is 0.760. The Bertz CT molecular complexity index is 462. The van der Waals surface area contributed by atoms with Crippen LogP contribution in [0.15, 0.2) is 18.5 Å². The lowest BCUT2D eigenvalue weighted by Crippen LogP contribution is -2.31. The van der Waals surface area contributed by atoms with Crippen LogP contribution in [0.5, 0.6) is 0 Å². The summed E-state index contributed by atoms with van der Waals surface area (Å²) in [5.74, 6) is 3.86. The van der Waals surface area contributed by atoms with Gasteiger partial charge in [-0.25, -0.2) is 4.98 Å². The minimum Gasteiger partial charge on any atom is -0.306 e. The van der Waals surface area contributed by atoms with Crippen LogP contribution < -0.4 is 5.32 Å². The van der Waals surface area contributed by atoms with Crippen molar-refractivity contribution in [1.82, 2.24) is 24.9 Å². The van der Waals surface area contributed by atoms with Gasteiger partial charge in [-0.15, -0.1) is 10.2 Å². The molecular formula is C9H11N5S. The molecule has 0 saturated carbocycles. The Hall–Kier alpha value is -1.14. The molecular weight excluding hydrogens is 210 g/mol. The highest BCUT2D eigenvalue weighted by molar-refractivity contribution is 7.99. The Labute approximate surface area is 91.3 Å². The Kier molecular flexibility index (Phi) is 2.30.